The predicted octanol–water partition coefficient (Wildman–Crippen LogP) is 14.1. The van der Waals surface area contributed by atoms with Gasteiger partial charge in [0.15, 0.2) is 0 Å². The van der Waals surface area contributed by atoms with Crippen LogP contribution in [0.15, 0.2) is 122 Å². The van der Waals surface area contributed by atoms with Gasteiger partial charge in [-0.15, -0.1) is 11.3 Å². The summed E-state index contributed by atoms with van der Waals surface area (Å²) < 4.78 is 14.2. The van der Waals surface area contributed by atoms with Gasteiger partial charge in [0.1, 0.15) is 23.0 Å². The predicted molar refractivity (Wildman–Crippen MR) is 240 cm³/mol. The molecule has 0 bridgehead atoms. The van der Waals surface area contributed by atoms with Crippen LogP contribution in [0, 0.1) is 0 Å². The minimum atomic E-state index is -0.233. The standard InChI is InChI=1S/C51H44N4OS/c1-49(2,3)29-21-23-52-44(26-29)54-40-27-31(15-17-33(40)34-18-20-43-45(47(34)54)36-12-9-10-14-42(36)57-43)56-32-16-19-38-41(28-32)55-46-37(35-13-11-22-53-48(35)55)24-30(50(4,5)6)25-39(46)51(38,7)8/h9-28H,1-8H3. The van der Waals surface area contributed by atoms with Crippen LogP contribution < -0.4 is 4.74 Å². The van der Waals surface area contributed by atoms with Crippen molar-refractivity contribution in [3.63, 3.8) is 0 Å². The van der Waals surface area contributed by atoms with E-state index in [1.807, 2.05) is 23.7 Å². The van der Waals surface area contributed by atoms with E-state index in [2.05, 4.69) is 174 Å². The fourth-order valence-electron chi connectivity index (χ4n) is 9.29. The molecule has 0 fully saturated rings. The average Bonchev–Trinajstić information content (AvgIpc) is 3.84. The van der Waals surface area contributed by atoms with Crippen molar-refractivity contribution in [3.8, 4) is 23.0 Å². The van der Waals surface area contributed by atoms with Gasteiger partial charge in [-0.05, 0) is 93.7 Å². The van der Waals surface area contributed by atoms with E-state index in [0.29, 0.717) is 0 Å². The molecule has 10 aromatic rings. The molecule has 0 radical (unpaired) electrons. The van der Waals surface area contributed by atoms with Gasteiger partial charge in [-0.3, -0.25) is 9.13 Å². The third-order valence-electron chi connectivity index (χ3n) is 12.4. The molecule has 0 N–H and O–H groups in total. The molecule has 0 saturated carbocycles. The topological polar surface area (TPSA) is 44.9 Å². The summed E-state index contributed by atoms with van der Waals surface area (Å²) in [5.74, 6) is 2.46. The summed E-state index contributed by atoms with van der Waals surface area (Å²) in [7, 11) is 0. The van der Waals surface area contributed by atoms with Crippen molar-refractivity contribution in [2.75, 3.05) is 0 Å². The molecule has 1 aliphatic heterocycles. The van der Waals surface area contributed by atoms with Crippen LogP contribution in [-0.4, -0.2) is 19.1 Å². The summed E-state index contributed by atoms with van der Waals surface area (Å²) in [6.07, 6.45) is 3.86. The number of pyridine rings is 2. The summed E-state index contributed by atoms with van der Waals surface area (Å²) >= 11 is 1.85. The van der Waals surface area contributed by atoms with Gasteiger partial charge in [0.2, 0.25) is 0 Å². The Bertz CT molecular complexity index is 3330. The second-order valence-corrected chi connectivity index (χ2v) is 19.5. The maximum absolute atomic E-state index is 6.90. The highest BCUT2D eigenvalue weighted by atomic mass is 32.1. The first kappa shape index (κ1) is 34.3. The van der Waals surface area contributed by atoms with Crippen LogP contribution in [-0.2, 0) is 16.2 Å². The lowest BCUT2D eigenvalue weighted by molar-refractivity contribution is 0.482. The van der Waals surface area contributed by atoms with E-state index < -0.39 is 0 Å². The monoisotopic (exact) mass is 760 g/mol. The summed E-state index contributed by atoms with van der Waals surface area (Å²) in [4.78, 5) is 10.0. The number of thiophene rings is 1. The van der Waals surface area contributed by atoms with E-state index in [4.69, 9.17) is 14.7 Å². The minimum absolute atomic E-state index is 0.0110. The third kappa shape index (κ3) is 4.93. The van der Waals surface area contributed by atoms with E-state index in [0.717, 1.165) is 34.2 Å². The Morgan fingerprint density at radius 3 is 2.14 bits per heavy atom. The van der Waals surface area contributed by atoms with Crippen LogP contribution in [0.5, 0.6) is 11.5 Å². The van der Waals surface area contributed by atoms with Gasteiger partial charge in [0.05, 0.1) is 22.2 Å². The van der Waals surface area contributed by atoms with Gasteiger partial charge in [-0.1, -0.05) is 91.8 Å². The lowest BCUT2D eigenvalue weighted by Gasteiger charge is -2.36. The Morgan fingerprint density at radius 1 is 0.561 bits per heavy atom. The zero-order chi connectivity index (χ0) is 39.2. The molecule has 0 unspecified atom stereocenters. The Balaban J connectivity index is 1.12. The van der Waals surface area contributed by atoms with Crippen LogP contribution in [0.3, 0.4) is 0 Å². The highest BCUT2D eigenvalue weighted by Crippen LogP contribution is 2.50. The van der Waals surface area contributed by atoms with Crippen LogP contribution in [0.2, 0.25) is 0 Å². The molecule has 6 heteroatoms. The fraction of sp³-hybridized carbons (Fsp3) is 0.216. The number of fused-ring (bicyclic) bond motifs is 12. The Labute approximate surface area is 336 Å². The molecule has 0 saturated heterocycles. The van der Waals surface area contributed by atoms with Crippen LogP contribution in [0.1, 0.15) is 77.6 Å². The van der Waals surface area contributed by atoms with Crippen molar-refractivity contribution >= 4 is 75.3 Å². The molecular weight excluding hydrogens is 717 g/mol. The zero-order valence-electron chi connectivity index (χ0n) is 33.7. The second kappa shape index (κ2) is 11.5. The quantitative estimate of drug-likeness (QED) is 0.180. The Morgan fingerprint density at radius 2 is 1.32 bits per heavy atom. The van der Waals surface area contributed by atoms with Gasteiger partial charge in [-0.25, -0.2) is 9.97 Å². The number of nitrogens with zero attached hydrogens (tertiary/aromatic N) is 4. The minimum Gasteiger partial charge on any atom is -0.457 e. The first-order valence-electron chi connectivity index (χ1n) is 19.9. The smallest absolute Gasteiger partial charge is 0.145 e. The number of aromatic nitrogens is 4. The Hall–Kier alpha value is -5.98. The molecule has 1 aliphatic rings. The van der Waals surface area contributed by atoms with E-state index in [9.17, 15) is 0 Å². The van der Waals surface area contributed by atoms with Crippen molar-refractivity contribution in [1.29, 1.82) is 0 Å². The largest absolute Gasteiger partial charge is 0.457 e. The van der Waals surface area contributed by atoms with Crippen molar-refractivity contribution in [2.45, 2.75) is 71.6 Å². The average molecular weight is 761 g/mol. The van der Waals surface area contributed by atoms with E-state index in [1.54, 1.807) is 0 Å². The lowest BCUT2D eigenvalue weighted by Crippen LogP contribution is -2.27. The molecular formula is C51H44N4OS. The summed E-state index contributed by atoms with van der Waals surface area (Å²) in [6, 6.07) is 39.9. The van der Waals surface area contributed by atoms with Crippen molar-refractivity contribution < 1.29 is 4.74 Å². The fourth-order valence-corrected chi connectivity index (χ4v) is 10.4. The van der Waals surface area contributed by atoms with Crippen molar-refractivity contribution in [1.82, 2.24) is 19.1 Å². The van der Waals surface area contributed by atoms with E-state index in [1.165, 1.54) is 75.0 Å². The number of benzene rings is 5. The first-order valence-corrected chi connectivity index (χ1v) is 20.7. The molecule has 0 amide bonds. The van der Waals surface area contributed by atoms with E-state index in [-0.39, 0.29) is 16.2 Å². The summed E-state index contributed by atoms with van der Waals surface area (Å²) in [5, 5.41) is 7.33. The molecule has 0 atom stereocenters. The molecule has 280 valence electrons. The number of hydrogen-bond donors (Lipinski definition) is 0. The molecule has 5 aromatic heterocycles. The number of rotatable bonds is 3. The lowest BCUT2D eigenvalue weighted by atomic mass is 9.72. The molecule has 5 nitrogen and oxygen atoms in total. The summed E-state index contributed by atoms with van der Waals surface area (Å²) in [6.45, 7) is 18.4. The van der Waals surface area contributed by atoms with Gasteiger partial charge in [-0.2, -0.15) is 0 Å². The van der Waals surface area contributed by atoms with Crippen molar-refractivity contribution in [3.05, 3.63) is 144 Å². The first-order chi connectivity index (χ1) is 27.3. The van der Waals surface area contributed by atoms with Gasteiger partial charge in [0, 0.05) is 71.7 Å². The third-order valence-corrected chi connectivity index (χ3v) is 13.5. The molecule has 0 aliphatic carbocycles. The van der Waals surface area contributed by atoms with Crippen LogP contribution >= 0.6 is 11.3 Å². The molecule has 5 aromatic carbocycles. The molecule has 6 heterocycles. The van der Waals surface area contributed by atoms with E-state index >= 15 is 0 Å². The maximum Gasteiger partial charge on any atom is 0.145 e. The summed E-state index contributed by atoms with van der Waals surface area (Å²) in [5.41, 5.74) is 10.5. The zero-order valence-corrected chi connectivity index (χ0v) is 34.5. The number of hydrogen-bond acceptors (Lipinski definition) is 4. The van der Waals surface area contributed by atoms with Crippen molar-refractivity contribution in [2.24, 2.45) is 0 Å². The normalized spacial score (nSPS) is 14.1. The molecule has 11 rings (SSSR count). The van der Waals surface area contributed by atoms with Crippen LogP contribution in [0.4, 0.5) is 0 Å². The molecule has 0 spiro atoms. The van der Waals surface area contributed by atoms with Gasteiger partial charge >= 0.3 is 0 Å². The molecule has 57 heavy (non-hydrogen) atoms. The second-order valence-electron chi connectivity index (χ2n) is 18.4. The van der Waals surface area contributed by atoms with Crippen LogP contribution in [0.25, 0.3) is 75.4 Å². The number of ether oxygens (including phenoxy) is 1. The maximum atomic E-state index is 6.90. The Kier molecular flexibility index (Phi) is 6.95. The SMILES string of the molecule is CC(C)(C)c1ccnc(-n2c3cc(Oc4ccc5c(c4)-n4c6ncccc6c6cc(C(C)(C)C)cc(c64)C5(C)C)ccc3c3ccc4sc5ccccc5c4c32)c1. The highest BCUT2D eigenvalue weighted by molar-refractivity contribution is 7.26. The highest BCUT2D eigenvalue weighted by Gasteiger charge is 2.37. The van der Waals surface area contributed by atoms with Gasteiger partial charge < -0.3 is 4.74 Å². The van der Waals surface area contributed by atoms with Gasteiger partial charge in [0.25, 0.3) is 0 Å².